The Bertz CT molecular complexity index is 860. The van der Waals surface area contributed by atoms with Crippen LogP contribution in [0.2, 0.25) is 0 Å². The molecule has 2 aromatic rings. The fourth-order valence-electron chi connectivity index (χ4n) is 3.73. The van der Waals surface area contributed by atoms with Gasteiger partial charge in [-0.1, -0.05) is 60.7 Å². The summed E-state index contributed by atoms with van der Waals surface area (Å²) in [5.74, 6) is -4.64. The van der Waals surface area contributed by atoms with Gasteiger partial charge >= 0.3 is 16.8 Å². The second kappa shape index (κ2) is 9.66. The Kier molecular flexibility index (Phi) is 7.20. The van der Waals surface area contributed by atoms with Gasteiger partial charge in [0.2, 0.25) is 0 Å². The molecule has 1 aliphatic rings. The second-order valence-electron chi connectivity index (χ2n) is 6.97. The standard InChI is InChI=1S/C22H22BrF2NO4/c1-2-29-21(28)19-17(22(23,24)25)16(18(26-19)15-11-7-4-8-12-15)20(27)30-13-14-9-5-3-6-10-14/h3-12,16-19,26H,2,13H2,1H3/t16-,17-,18-,19-/m0/s1. The van der Waals surface area contributed by atoms with Crippen molar-refractivity contribution in [2.75, 3.05) is 6.61 Å². The zero-order chi connectivity index (χ0) is 21.7. The van der Waals surface area contributed by atoms with E-state index in [1.807, 2.05) is 6.07 Å². The Hall–Kier alpha value is -2.32. The number of alkyl halides is 3. The minimum atomic E-state index is -3.50. The molecule has 3 rings (SSSR count). The van der Waals surface area contributed by atoms with Crippen LogP contribution in [0.15, 0.2) is 60.7 Å². The highest BCUT2D eigenvalue weighted by Gasteiger charge is 2.60. The molecule has 1 fully saturated rings. The van der Waals surface area contributed by atoms with Gasteiger partial charge in [-0.25, -0.2) is 0 Å². The lowest BCUT2D eigenvalue weighted by molar-refractivity contribution is -0.157. The number of hydrogen-bond donors (Lipinski definition) is 1. The van der Waals surface area contributed by atoms with Crippen LogP contribution in [0.1, 0.15) is 24.1 Å². The quantitative estimate of drug-likeness (QED) is 0.473. The summed E-state index contributed by atoms with van der Waals surface area (Å²) in [6.07, 6.45) is 0. The third kappa shape index (κ3) is 5.05. The molecule has 1 aliphatic heterocycles. The van der Waals surface area contributed by atoms with E-state index in [9.17, 15) is 18.4 Å². The molecule has 0 saturated carbocycles. The molecular formula is C22H22BrF2NO4. The number of nitrogens with one attached hydrogen (secondary N) is 1. The maximum Gasteiger partial charge on any atom is 0.323 e. The van der Waals surface area contributed by atoms with Crippen molar-refractivity contribution >= 4 is 27.9 Å². The van der Waals surface area contributed by atoms with Crippen LogP contribution in [0.3, 0.4) is 0 Å². The summed E-state index contributed by atoms with van der Waals surface area (Å²) in [7, 11) is 0. The lowest BCUT2D eigenvalue weighted by Crippen LogP contribution is -2.44. The first-order chi connectivity index (χ1) is 14.3. The van der Waals surface area contributed by atoms with Crippen molar-refractivity contribution in [3.05, 3.63) is 71.8 Å². The molecule has 5 nitrogen and oxygen atoms in total. The van der Waals surface area contributed by atoms with E-state index in [1.165, 1.54) is 0 Å². The number of halogens is 3. The molecule has 0 spiro atoms. The van der Waals surface area contributed by atoms with Crippen LogP contribution in [-0.4, -0.2) is 29.4 Å². The van der Waals surface area contributed by atoms with Gasteiger partial charge in [0.1, 0.15) is 12.6 Å². The first-order valence-corrected chi connectivity index (χ1v) is 10.4. The van der Waals surface area contributed by atoms with E-state index in [4.69, 9.17) is 9.47 Å². The largest absolute Gasteiger partial charge is 0.465 e. The van der Waals surface area contributed by atoms with E-state index in [-0.39, 0.29) is 13.2 Å². The van der Waals surface area contributed by atoms with E-state index in [0.717, 1.165) is 5.56 Å². The third-order valence-corrected chi connectivity index (χ3v) is 5.57. The molecule has 0 unspecified atom stereocenters. The van der Waals surface area contributed by atoms with Crippen LogP contribution >= 0.6 is 15.9 Å². The van der Waals surface area contributed by atoms with Gasteiger partial charge in [0.15, 0.2) is 0 Å². The van der Waals surface area contributed by atoms with Gasteiger partial charge in [0, 0.05) is 6.04 Å². The number of esters is 2. The zero-order valence-corrected chi connectivity index (χ0v) is 17.9. The highest BCUT2D eigenvalue weighted by atomic mass is 79.9. The van der Waals surface area contributed by atoms with Crippen LogP contribution in [0, 0.1) is 11.8 Å². The minimum absolute atomic E-state index is 0.0384. The summed E-state index contributed by atoms with van der Waals surface area (Å²) in [5, 5.41) is 2.89. The molecular weight excluding hydrogens is 460 g/mol. The zero-order valence-electron chi connectivity index (χ0n) is 16.3. The molecule has 1 N–H and O–H groups in total. The number of hydrogen-bond acceptors (Lipinski definition) is 5. The van der Waals surface area contributed by atoms with Crippen LogP contribution in [0.4, 0.5) is 8.78 Å². The highest BCUT2D eigenvalue weighted by Crippen LogP contribution is 2.48. The third-order valence-electron chi connectivity index (χ3n) is 5.04. The number of rotatable bonds is 7. The molecule has 1 heterocycles. The molecule has 0 bridgehead atoms. The number of benzene rings is 2. The summed E-state index contributed by atoms with van der Waals surface area (Å²) >= 11 is 2.38. The van der Waals surface area contributed by atoms with Crippen molar-refractivity contribution in [2.24, 2.45) is 11.8 Å². The molecule has 4 atom stereocenters. The van der Waals surface area contributed by atoms with Gasteiger partial charge in [0.25, 0.3) is 0 Å². The smallest absolute Gasteiger partial charge is 0.323 e. The van der Waals surface area contributed by atoms with Gasteiger partial charge in [-0.3, -0.25) is 14.9 Å². The van der Waals surface area contributed by atoms with Gasteiger partial charge in [0.05, 0.1) is 18.4 Å². The predicted molar refractivity (Wildman–Crippen MR) is 110 cm³/mol. The van der Waals surface area contributed by atoms with E-state index in [0.29, 0.717) is 5.56 Å². The predicted octanol–water partition coefficient (Wildman–Crippen LogP) is 4.23. The molecule has 0 aromatic heterocycles. The molecule has 0 aliphatic carbocycles. The topological polar surface area (TPSA) is 64.6 Å². The molecule has 2 aromatic carbocycles. The van der Waals surface area contributed by atoms with Gasteiger partial charge in [-0.15, -0.1) is 0 Å². The van der Waals surface area contributed by atoms with Crippen LogP contribution < -0.4 is 5.32 Å². The molecule has 1 saturated heterocycles. The summed E-state index contributed by atoms with van der Waals surface area (Å²) in [4.78, 5) is 22.0. The van der Waals surface area contributed by atoms with E-state index in [1.54, 1.807) is 61.5 Å². The first-order valence-electron chi connectivity index (χ1n) is 9.57. The van der Waals surface area contributed by atoms with Crippen molar-refractivity contribution in [3.63, 3.8) is 0 Å². The van der Waals surface area contributed by atoms with Crippen LogP contribution in [-0.2, 0) is 25.7 Å². The lowest BCUT2D eigenvalue weighted by Gasteiger charge is -2.27. The Morgan fingerprint density at radius 1 is 1.00 bits per heavy atom. The summed E-state index contributed by atoms with van der Waals surface area (Å²) < 4.78 is 39.6. The number of carbonyl (C=O) groups excluding carboxylic acids is 2. The summed E-state index contributed by atoms with van der Waals surface area (Å²) in [6, 6.07) is 15.4. The summed E-state index contributed by atoms with van der Waals surface area (Å²) in [6.45, 7) is 1.58. The fourth-order valence-corrected chi connectivity index (χ4v) is 4.28. The van der Waals surface area contributed by atoms with Gasteiger partial charge in [-0.05, 0) is 34.0 Å². The molecule has 30 heavy (non-hydrogen) atoms. The molecule has 8 heteroatoms. The lowest BCUT2D eigenvalue weighted by atomic mass is 9.84. The van der Waals surface area contributed by atoms with Gasteiger partial charge in [-0.2, -0.15) is 8.78 Å². The van der Waals surface area contributed by atoms with Crippen molar-refractivity contribution in [1.82, 2.24) is 5.32 Å². The van der Waals surface area contributed by atoms with Crippen LogP contribution in [0.5, 0.6) is 0 Å². The van der Waals surface area contributed by atoms with Crippen LogP contribution in [0.25, 0.3) is 0 Å². The second-order valence-corrected chi connectivity index (χ2v) is 8.03. The average Bonchev–Trinajstić information content (AvgIpc) is 3.15. The normalized spacial score (nSPS) is 23.7. The van der Waals surface area contributed by atoms with E-state index >= 15 is 0 Å². The van der Waals surface area contributed by atoms with Crippen molar-refractivity contribution in [3.8, 4) is 0 Å². The fraction of sp³-hybridized carbons (Fsp3) is 0.364. The highest BCUT2D eigenvalue weighted by molar-refractivity contribution is 9.10. The van der Waals surface area contributed by atoms with Crippen molar-refractivity contribution in [1.29, 1.82) is 0 Å². The Morgan fingerprint density at radius 2 is 1.60 bits per heavy atom. The number of ether oxygens (including phenoxy) is 2. The van der Waals surface area contributed by atoms with E-state index < -0.39 is 40.7 Å². The van der Waals surface area contributed by atoms with Gasteiger partial charge < -0.3 is 9.47 Å². The number of carbonyl (C=O) groups is 2. The van der Waals surface area contributed by atoms with E-state index in [2.05, 4.69) is 21.2 Å². The molecule has 0 amide bonds. The maximum absolute atomic E-state index is 14.6. The summed E-state index contributed by atoms with van der Waals surface area (Å²) in [5.41, 5.74) is 1.34. The first kappa shape index (κ1) is 22.4. The molecule has 0 radical (unpaired) electrons. The van der Waals surface area contributed by atoms with Crippen molar-refractivity contribution in [2.45, 2.75) is 30.4 Å². The Labute approximate surface area is 181 Å². The SMILES string of the molecule is CCOC(=O)[C@H]1N[C@@H](c2ccccc2)[C@@H](C(=O)OCc2ccccc2)[C@@H]1C(F)(F)Br. The maximum atomic E-state index is 14.6. The van der Waals surface area contributed by atoms with Crippen molar-refractivity contribution < 1.29 is 27.8 Å². The Morgan fingerprint density at radius 3 is 2.17 bits per heavy atom. The monoisotopic (exact) mass is 481 g/mol. The average molecular weight is 482 g/mol. The molecule has 160 valence electrons. The Balaban J connectivity index is 1.93. The minimum Gasteiger partial charge on any atom is -0.465 e.